The minimum atomic E-state index is -3.68. The molecule has 0 spiro atoms. The Morgan fingerprint density at radius 1 is 1.10 bits per heavy atom. The van der Waals surface area contributed by atoms with E-state index in [0.29, 0.717) is 28.4 Å². The standard InChI is InChI=1S/C14H14N2O4S/c1-9-6-10(15)2-5-14(9)21(17,18)16-11-3-4-12-13(7-11)20-8-19-12/h2-7,16H,8,15H2,1H3. The first-order chi connectivity index (χ1) is 9.95. The van der Waals surface area contributed by atoms with Gasteiger partial charge >= 0.3 is 0 Å². The molecule has 1 aliphatic heterocycles. The molecule has 2 aromatic carbocycles. The third kappa shape index (κ3) is 2.59. The van der Waals surface area contributed by atoms with Crippen molar-refractivity contribution in [3.63, 3.8) is 0 Å². The zero-order valence-electron chi connectivity index (χ0n) is 11.3. The normalized spacial score (nSPS) is 13.2. The summed E-state index contributed by atoms with van der Waals surface area (Å²) >= 11 is 0. The van der Waals surface area contributed by atoms with E-state index in [1.807, 2.05) is 0 Å². The van der Waals surface area contributed by atoms with Crippen LogP contribution in [0.2, 0.25) is 0 Å². The molecule has 0 radical (unpaired) electrons. The average molecular weight is 306 g/mol. The molecule has 0 aliphatic carbocycles. The van der Waals surface area contributed by atoms with Crippen LogP contribution in [0.25, 0.3) is 0 Å². The Morgan fingerprint density at radius 2 is 1.86 bits per heavy atom. The molecule has 1 aliphatic rings. The minimum absolute atomic E-state index is 0.141. The molecule has 6 nitrogen and oxygen atoms in total. The Labute approximate surface area is 122 Å². The van der Waals surface area contributed by atoms with Gasteiger partial charge in [-0.05, 0) is 42.8 Å². The predicted molar refractivity (Wildman–Crippen MR) is 79.0 cm³/mol. The van der Waals surface area contributed by atoms with Gasteiger partial charge in [0.15, 0.2) is 11.5 Å². The van der Waals surface area contributed by atoms with E-state index in [1.54, 1.807) is 37.3 Å². The lowest BCUT2D eigenvalue weighted by Gasteiger charge is -2.11. The van der Waals surface area contributed by atoms with Crippen LogP contribution >= 0.6 is 0 Å². The van der Waals surface area contributed by atoms with E-state index in [0.717, 1.165) is 0 Å². The first-order valence-corrected chi connectivity index (χ1v) is 7.73. The van der Waals surface area contributed by atoms with E-state index >= 15 is 0 Å². The number of rotatable bonds is 3. The zero-order chi connectivity index (χ0) is 15.0. The Balaban J connectivity index is 1.92. The van der Waals surface area contributed by atoms with Crippen LogP contribution in [0.5, 0.6) is 11.5 Å². The van der Waals surface area contributed by atoms with Gasteiger partial charge in [-0.25, -0.2) is 8.42 Å². The molecule has 1 heterocycles. The Bertz CT molecular complexity index is 803. The van der Waals surface area contributed by atoms with Crippen molar-refractivity contribution in [3.8, 4) is 11.5 Å². The lowest BCUT2D eigenvalue weighted by atomic mass is 10.2. The lowest BCUT2D eigenvalue weighted by molar-refractivity contribution is 0.174. The van der Waals surface area contributed by atoms with Crippen LogP contribution in [0.4, 0.5) is 11.4 Å². The monoisotopic (exact) mass is 306 g/mol. The number of hydrogen-bond acceptors (Lipinski definition) is 5. The molecule has 3 N–H and O–H groups in total. The summed E-state index contributed by atoms with van der Waals surface area (Å²) in [5.74, 6) is 1.12. The highest BCUT2D eigenvalue weighted by atomic mass is 32.2. The summed E-state index contributed by atoms with van der Waals surface area (Å²) in [6, 6.07) is 9.54. The van der Waals surface area contributed by atoms with Crippen LogP contribution in [0.3, 0.4) is 0 Å². The van der Waals surface area contributed by atoms with Crippen LogP contribution in [-0.4, -0.2) is 15.2 Å². The number of fused-ring (bicyclic) bond motifs is 1. The lowest BCUT2D eigenvalue weighted by Crippen LogP contribution is -2.14. The van der Waals surface area contributed by atoms with Gasteiger partial charge in [-0.3, -0.25) is 4.72 Å². The maximum atomic E-state index is 12.4. The van der Waals surface area contributed by atoms with Gasteiger partial charge < -0.3 is 15.2 Å². The molecular formula is C14H14N2O4S. The fourth-order valence-electron chi connectivity index (χ4n) is 2.14. The molecule has 0 saturated heterocycles. The second-order valence-corrected chi connectivity index (χ2v) is 6.35. The smallest absolute Gasteiger partial charge is 0.262 e. The van der Waals surface area contributed by atoms with E-state index in [4.69, 9.17) is 15.2 Å². The second-order valence-electron chi connectivity index (χ2n) is 4.70. The van der Waals surface area contributed by atoms with Crippen molar-refractivity contribution in [1.29, 1.82) is 0 Å². The first kappa shape index (κ1) is 13.6. The largest absolute Gasteiger partial charge is 0.454 e. The number of hydrogen-bond donors (Lipinski definition) is 2. The van der Waals surface area contributed by atoms with Gasteiger partial charge in [0, 0.05) is 11.8 Å². The highest BCUT2D eigenvalue weighted by molar-refractivity contribution is 7.92. The third-order valence-electron chi connectivity index (χ3n) is 3.11. The molecule has 3 rings (SSSR count). The highest BCUT2D eigenvalue weighted by Gasteiger charge is 2.19. The number of aryl methyl sites for hydroxylation is 1. The number of nitrogens with two attached hydrogens (primary N) is 1. The van der Waals surface area contributed by atoms with Crippen molar-refractivity contribution in [2.75, 3.05) is 17.2 Å². The van der Waals surface area contributed by atoms with Crippen molar-refractivity contribution < 1.29 is 17.9 Å². The van der Waals surface area contributed by atoms with E-state index < -0.39 is 10.0 Å². The van der Waals surface area contributed by atoms with Crippen molar-refractivity contribution >= 4 is 21.4 Å². The molecule has 2 aromatic rings. The van der Waals surface area contributed by atoms with Crippen LogP contribution in [-0.2, 0) is 10.0 Å². The summed E-state index contributed by atoms with van der Waals surface area (Å²) in [6.45, 7) is 1.84. The molecule has 21 heavy (non-hydrogen) atoms. The van der Waals surface area contributed by atoms with Crippen LogP contribution < -0.4 is 19.9 Å². The number of nitrogen functional groups attached to an aromatic ring is 1. The van der Waals surface area contributed by atoms with E-state index in [1.165, 1.54) is 6.07 Å². The number of sulfonamides is 1. The summed E-state index contributed by atoms with van der Waals surface area (Å²) in [5.41, 5.74) is 7.16. The van der Waals surface area contributed by atoms with Crippen molar-refractivity contribution in [3.05, 3.63) is 42.0 Å². The van der Waals surface area contributed by atoms with E-state index in [2.05, 4.69) is 4.72 Å². The van der Waals surface area contributed by atoms with Gasteiger partial charge in [-0.2, -0.15) is 0 Å². The molecule has 0 aromatic heterocycles. The fourth-order valence-corrected chi connectivity index (χ4v) is 3.42. The molecule has 0 saturated carbocycles. The molecule has 110 valence electrons. The number of anilines is 2. The van der Waals surface area contributed by atoms with Crippen molar-refractivity contribution in [2.24, 2.45) is 0 Å². The van der Waals surface area contributed by atoms with E-state index in [-0.39, 0.29) is 11.7 Å². The average Bonchev–Trinajstić information content (AvgIpc) is 2.85. The Morgan fingerprint density at radius 3 is 2.62 bits per heavy atom. The van der Waals surface area contributed by atoms with Crippen LogP contribution in [0.1, 0.15) is 5.56 Å². The molecule has 7 heteroatoms. The Kier molecular flexibility index (Phi) is 3.13. The maximum absolute atomic E-state index is 12.4. The van der Waals surface area contributed by atoms with Gasteiger partial charge in [0.25, 0.3) is 10.0 Å². The molecule has 0 bridgehead atoms. The van der Waals surface area contributed by atoms with Gasteiger partial charge in [0.2, 0.25) is 6.79 Å². The molecule has 0 atom stereocenters. The molecule has 0 amide bonds. The SMILES string of the molecule is Cc1cc(N)ccc1S(=O)(=O)Nc1ccc2c(c1)OCO2. The number of benzene rings is 2. The summed E-state index contributed by atoms with van der Waals surface area (Å²) in [6.07, 6.45) is 0. The summed E-state index contributed by atoms with van der Waals surface area (Å²) in [7, 11) is -3.68. The Hall–Kier alpha value is -2.41. The zero-order valence-corrected chi connectivity index (χ0v) is 12.1. The van der Waals surface area contributed by atoms with Crippen LogP contribution in [0, 0.1) is 6.92 Å². The van der Waals surface area contributed by atoms with E-state index in [9.17, 15) is 8.42 Å². The van der Waals surface area contributed by atoms with Crippen molar-refractivity contribution in [2.45, 2.75) is 11.8 Å². The predicted octanol–water partition coefficient (Wildman–Crippen LogP) is 2.11. The first-order valence-electron chi connectivity index (χ1n) is 6.24. The fraction of sp³-hybridized carbons (Fsp3) is 0.143. The van der Waals surface area contributed by atoms with Gasteiger partial charge in [-0.15, -0.1) is 0 Å². The summed E-state index contributed by atoms with van der Waals surface area (Å²) < 4.78 is 37.8. The highest BCUT2D eigenvalue weighted by Crippen LogP contribution is 2.35. The molecular weight excluding hydrogens is 292 g/mol. The quantitative estimate of drug-likeness (QED) is 0.848. The van der Waals surface area contributed by atoms with Gasteiger partial charge in [-0.1, -0.05) is 0 Å². The topological polar surface area (TPSA) is 90.7 Å². The maximum Gasteiger partial charge on any atom is 0.262 e. The molecule has 0 fully saturated rings. The van der Waals surface area contributed by atoms with Crippen LogP contribution in [0.15, 0.2) is 41.3 Å². The minimum Gasteiger partial charge on any atom is -0.454 e. The van der Waals surface area contributed by atoms with Crippen molar-refractivity contribution in [1.82, 2.24) is 0 Å². The summed E-state index contributed by atoms with van der Waals surface area (Å²) in [4.78, 5) is 0.189. The van der Waals surface area contributed by atoms with Gasteiger partial charge in [0.1, 0.15) is 0 Å². The second kappa shape index (κ2) is 4.85. The van der Waals surface area contributed by atoms with Gasteiger partial charge in [0.05, 0.1) is 10.6 Å². The number of ether oxygens (including phenoxy) is 2. The number of nitrogens with one attached hydrogen (secondary N) is 1. The third-order valence-corrected chi connectivity index (χ3v) is 4.65. The molecule has 0 unspecified atom stereocenters. The summed E-state index contributed by atoms with van der Waals surface area (Å²) in [5, 5.41) is 0.